The molecule has 0 unspecified atom stereocenters. The van der Waals surface area contributed by atoms with Gasteiger partial charge in [-0.25, -0.2) is 4.39 Å². The minimum atomic E-state index is -9.29. The molecule has 0 atom stereocenters. The number of hydrogen-bond donors (Lipinski definition) is 1. The monoisotopic (exact) mass is 500 g/mol. The van der Waals surface area contributed by atoms with Gasteiger partial charge in [0.1, 0.15) is 0 Å². The summed E-state index contributed by atoms with van der Waals surface area (Å²) < 4.78 is 244. The zero-order valence-corrected chi connectivity index (χ0v) is 12.9. The van der Waals surface area contributed by atoms with E-state index in [1.165, 1.54) is 0 Å². The lowest BCUT2D eigenvalue weighted by atomic mass is 9.79. The first-order valence-electron chi connectivity index (χ1n) is 5.68. The summed E-state index contributed by atoms with van der Waals surface area (Å²) in [5.74, 6) is -35.6. The fourth-order valence-corrected chi connectivity index (χ4v) is 2.00. The molecule has 0 aliphatic heterocycles. The van der Waals surface area contributed by atoms with Crippen LogP contribution in [-0.2, 0) is 10.1 Å². The maximum atomic E-state index is 13.8. The molecule has 0 aromatic carbocycles. The predicted molar refractivity (Wildman–Crippen MR) is 52.2 cm³/mol. The highest BCUT2D eigenvalue weighted by molar-refractivity contribution is 7.87. The molecule has 1 N–H and O–H groups in total. The van der Waals surface area contributed by atoms with E-state index >= 15 is 0 Å². The van der Waals surface area contributed by atoms with E-state index in [0.717, 1.165) is 0 Å². The first-order valence-corrected chi connectivity index (χ1v) is 7.12. The van der Waals surface area contributed by atoms with Crippen LogP contribution >= 0.6 is 0 Å². The van der Waals surface area contributed by atoms with Gasteiger partial charge in [0.25, 0.3) is 0 Å². The molecule has 0 aliphatic carbocycles. The van der Waals surface area contributed by atoms with Crippen LogP contribution in [-0.4, -0.2) is 59.9 Å². The molecule has 0 spiro atoms. The fourth-order valence-electron chi connectivity index (χ4n) is 1.54. The van der Waals surface area contributed by atoms with Gasteiger partial charge in [-0.05, 0) is 0 Å². The highest BCUT2D eigenvalue weighted by Crippen LogP contribution is 2.67. The van der Waals surface area contributed by atoms with Crippen molar-refractivity contribution < 1.29 is 87.6 Å². The lowest BCUT2D eigenvalue weighted by Crippen LogP contribution is -2.80. The van der Waals surface area contributed by atoms with Crippen molar-refractivity contribution in [1.82, 2.24) is 0 Å². The van der Waals surface area contributed by atoms with Gasteiger partial charge in [-0.2, -0.15) is 78.7 Å². The number of rotatable bonds is 6. The Labute approximate surface area is 146 Å². The van der Waals surface area contributed by atoms with Crippen LogP contribution in [0.3, 0.4) is 0 Å². The topological polar surface area (TPSA) is 54.4 Å². The Balaban J connectivity index is 7.57. The Morgan fingerprint density at radius 3 is 0.862 bits per heavy atom. The molecule has 0 radical (unpaired) electrons. The zero-order valence-electron chi connectivity index (χ0n) is 12.1. The van der Waals surface area contributed by atoms with E-state index in [2.05, 4.69) is 0 Å². The molecule has 0 bridgehead atoms. The largest absolute Gasteiger partial charge is 0.457 e. The van der Waals surface area contributed by atoms with Gasteiger partial charge >= 0.3 is 57.1 Å². The summed E-state index contributed by atoms with van der Waals surface area (Å²) in [6.45, 7) is 0. The van der Waals surface area contributed by atoms with Crippen molar-refractivity contribution in [3.8, 4) is 0 Å². The maximum absolute atomic E-state index is 13.8. The van der Waals surface area contributed by atoms with Crippen LogP contribution in [0.2, 0.25) is 0 Å². The van der Waals surface area contributed by atoms with E-state index in [0.29, 0.717) is 0 Å². The van der Waals surface area contributed by atoms with Gasteiger partial charge in [0.2, 0.25) is 0 Å². The second-order valence-electron chi connectivity index (χ2n) is 4.94. The van der Waals surface area contributed by atoms with E-state index in [1.807, 2.05) is 0 Å². The first kappa shape index (κ1) is 27.7. The van der Waals surface area contributed by atoms with Gasteiger partial charge in [0, 0.05) is 0 Å². The number of alkyl halides is 17. The van der Waals surface area contributed by atoms with E-state index < -0.39 is 57.1 Å². The molecule has 176 valence electrons. The molecule has 0 rings (SSSR count). The quantitative estimate of drug-likeness (QED) is 0.420. The van der Waals surface area contributed by atoms with Gasteiger partial charge in [-0.3, -0.25) is 4.55 Å². The normalized spacial score (nSPS) is 16.9. The Kier molecular flexibility index (Phi) is 6.08. The maximum Gasteiger partial charge on any atom is 0.457 e. The predicted octanol–water partition coefficient (Wildman–Crippen LogP) is 4.84. The molecule has 0 heterocycles. The summed E-state index contributed by atoms with van der Waals surface area (Å²) in [4.78, 5) is 0. The highest BCUT2D eigenvalue weighted by atomic mass is 32.2. The third-order valence-corrected chi connectivity index (χ3v) is 4.00. The van der Waals surface area contributed by atoms with Gasteiger partial charge < -0.3 is 0 Å². The van der Waals surface area contributed by atoms with Crippen LogP contribution in [0.5, 0.6) is 0 Å². The van der Waals surface area contributed by atoms with Gasteiger partial charge in [0.05, 0.1) is 0 Å². The van der Waals surface area contributed by atoms with E-state index in [1.54, 1.807) is 0 Å². The van der Waals surface area contributed by atoms with Crippen molar-refractivity contribution >= 4 is 10.1 Å². The van der Waals surface area contributed by atoms with E-state index in [9.17, 15) is 83.1 Å². The Hall–Kier alpha value is -1.28. The number of hydrogen-bond acceptors (Lipinski definition) is 2. The SMILES string of the molecule is O=S(=O)(O)C(F)(F)C(F)(F)C(F)(F)C(F)(C(F)(F)C(F)(F)F)C(F)(F)C(F)(F)F. The molecular formula is C8HF17O3S. The average Bonchev–Trinajstić information content (AvgIpc) is 2.41. The molecule has 29 heavy (non-hydrogen) atoms. The lowest BCUT2D eigenvalue weighted by molar-refractivity contribution is -0.466. The van der Waals surface area contributed by atoms with Crippen molar-refractivity contribution in [2.75, 3.05) is 0 Å². The summed E-state index contributed by atoms with van der Waals surface area (Å²) in [7, 11) is -8.05. The van der Waals surface area contributed by atoms with Gasteiger partial charge in [-0.1, -0.05) is 0 Å². The van der Waals surface area contributed by atoms with Crippen LogP contribution in [0.1, 0.15) is 0 Å². The second kappa shape index (κ2) is 6.36. The summed E-state index contributed by atoms with van der Waals surface area (Å²) >= 11 is 0. The summed E-state index contributed by atoms with van der Waals surface area (Å²) in [5.41, 5.74) is -9.29. The second-order valence-corrected chi connectivity index (χ2v) is 6.41. The minimum absolute atomic E-state index is 7.70. The highest BCUT2D eigenvalue weighted by Gasteiger charge is 3.00. The van der Waals surface area contributed by atoms with Crippen LogP contribution in [0.4, 0.5) is 74.6 Å². The molecule has 0 aromatic rings. The van der Waals surface area contributed by atoms with E-state index in [-0.39, 0.29) is 0 Å². The molecule has 0 amide bonds. The van der Waals surface area contributed by atoms with Crippen molar-refractivity contribution in [2.45, 2.75) is 47.0 Å². The Bertz CT molecular complexity index is 703. The zero-order chi connectivity index (χ0) is 24.5. The van der Waals surface area contributed by atoms with Crippen LogP contribution < -0.4 is 0 Å². The van der Waals surface area contributed by atoms with Crippen LogP contribution in [0.15, 0.2) is 0 Å². The third-order valence-electron chi connectivity index (χ3n) is 3.09. The Morgan fingerprint density at radius 2 is 0.690 bits per heavy atom. The fraction of sp³-hybridized carbons (Fsp3) is 1.00. The van der Waals surface area contributed by atoms with Gasteiger partial charge in [-0.15, -0.1) is 0 Å². The molecular weight excluding hydrogens is 499 g/mol. The number of halogens is 17. The molecule has 0 aliphatic rings. The minimum Gasteiger partial charge on any atom is -0.281 e. The lowest BCUT2D eigenvalue weighted by Gasteiger charge is -2.46. The van der Waals surface area contributed by atoms with Gasteiger partial charge in [0.15, 0.2) is 0 Å². The standard InChI is InChI=1S/C8HF17O3S/c9-1(3(12,13)6(18,19)20,4(14,15)7(21,22)23)2(10,11)5(16,17)8(24,25)29(26,27)28/h(H,26,27,28). The molecule has 21 heteroatoms. The summed E-state index contributed by atoms with van der Waals surface area (Å²) in [5, 5.41) is -8.04. The molecule has 3 nitrogen and oxygen atoms in total. The molecule has 0 fully saturated rings. The van der Waals surface area contributed by atoms with Crippen LogP contribution in [0, 0.1) is 0 Å². The molecule has 0 saturated heterocycles. The smallest absolute Gasteiger partial charge is 0.281 e. The summed E-state index contributed by atoms with van der Waals surface area (Å²) in [6, 6.07) is 0. The Morgan fingerprint density at radius 1 is 0.448 bits per heavy atom. The molecule has 0 saturated carbocycles. The van der Waals surface area contributed by atoms with Crippen molar-refractivity contribution in [3.63, 3.8) is 0 Å². The third kappa shape index (κ3) is 3.26. The first-order chi connectivity index (χ1) is 12.0. The van der Waals surface area contributed by atoms with Crippen LogP contribution in [0.25, 0.3) is 0 Å². The average molecular weight is 500 g/mol. The summed E-state index contributed by atoms with van der Waals surface area (Å²) in [6.07, 6.45) is -16.5. The van der Waals surface area contributed by atoms with Crippen molar-refractivity contribution in [3.05, 3.63) is 0 Å². The van der Waals surface area contributed by atoms with Crippen molar-refractivity contribution in [2.24, 2.45) is 0 Å². The van der Waals surface area contributed by atoms with Crippen molar-refractivity contribution in [1.29, 1.82) is 0 Å². The van der Waals surface area contributed by atoms with E-state index in [4.69, 9.17) is 4.55 Å². The molecule has 0 aromatic heterocycles.